The second-order valence-electron chi connectivity index (χ2n) is 4.48. The first-order valence-electron chi connectivity index (χ1n) is 6.26. The van der Waals surface area contributed by atoms with Gasteiger partial charge in [0.15, 0.2) is 11.6 Å². The third kappa shape index (κ3) is 2.72. The molecule has 3 nitrogen and oxygen atoms in total. The fourth-order valence-corrected chi connectivity index (χ4v) is 1.96. The first-order valence-corrected chi connectivity index (χ1v) is 6.26. The first kappa shape index (κ1) is 13.2. The molecule has 0 radical (unpaired) electrons. The maximum Gasteiger partial charge on any atom is 0.275 e. The fourth-order valence-electron chi connectivity index (χ4n) is 1.96. The number of carbonyl (C=O) groups is 1. The highest BCUT2D eigenvalue weighted by Gasteiger charge is 2.21. The number of halogens is 2. The summed E-state index contributed by atoms with van der Waals surface area (Å²) in [6, 6.07) is 12.6. The third-order valence-electron chi connectivity index (χ3n) is 2.99. The van der Waals surface area contributed by atoms with Crippen molar-refractivity contribution in [1.29, 1.82) is 0 Å². The molecule has 0 spiro atoms. The Labute approximate surface area is 119 Å². The average Bonchev–Trinajstić information content (AvgIpc) is 2.84. The minimum absolute atomic E-state index is 0.209. The Morgan fingerprint density at radius 2 is 1.76 bits per heavy atom. The van der Waals surface area contributed by atoms with E-state index in [1.54, 1.807) is 6.08 Å². The molecule has 21 heavy (non-hydrogen) atoms. The minimum Gasteiger partial charge on any atom is -0.305 e. The minimum atomic E-state index is -0.982. The molecule has 0 fully saturated rings. The Balaban J connectivity index is 1.95. The van der Waals surface area contributed by atoms with E-state index in [1.165, 1.54) is 6.07 Å². The predicted molar refractivity (Wildman–Crippen MR) is 75.5 cm³/mol. The van der Waals surface area contributed by atoms with E-state index in [-0.39, 0.29) is 17.4 Å². The Morgan fingerprint density at radius 3 is 2.48 bits per heavy atom. The molecule has 104 valence electrons. The van der Waals surface area contributed by atoms with E-state index in [9.17, 15) is 13.6 Å². The highest BCUT2D eigenvalue weighted by atomic mass is 19.2. The molecule has 0 bridgehead atoms. The van der Waals surface area contributed by atoms with Crippen LogP contribution in [0.1, 0.15) is 11.1 Å². The molecular weight excluding hydrogens is 274 g/mol. The number of carbonyl (C=O) groups excluding carboxylic acids is 1. The van der Waals surface area contributed by atoms with Crippen LogP contribution in [-0.4, -0.2) is 11.7 Å². The monoisotopic (exact) mass is 284 g/mol. The van der Waals surface area contributed by atoms with Crippen LogP contribution < -0.4 is 5.32 Å². The molecule has 0 unspecified atom stereocenters. The number of hydrogen-bond acceptors (Lipinski definition) is 2. The number of aliphatic imine (C=N–C) groups is 1. The molecule has 0 saturated heterocycles. The van der Waals surface area contributed by atoms with E-state index in [0.29, 0.717) is 5.56 Å². The van der Waals surface area contributed by atoms with Gasteiger partial charge in [-0.1, -0.05) is 30.3 Å². The molecular formula is C16H10F2N2O. The number of hydrogen-bond donors (Lipinski definition) is 1. The molecule has 1 amide bonds. The summed E-state index contributed by atoms with van der Waals surface area (Å²) in [6.45, 7) is 0. The molecule has 3 rings (SSSR count). The zero-order valence-electron chi connectivity index (χ0n) is 10.8. The van der Waals surface area contributed by atoms with Gasteiger partial charge in [0.2, 0.25) is 0 Å². The van der Waals surface area contributed by atoms with Gasteiger partial charge >= 0.3 is 0 Å². The Kier molecular flexibility index (Phi) is 3.31. The molecule has 0 aliphatic carbocycles. The van der Waals surface area contributed by atoms with Gasteiger partial charge in [-0.15, -0.1) is 0 Å². The summed E-state index contributed by atoms with van der Waals surface area (Å²) >= 11 is 0. The summed E-state index contributed by atoms with van der Waals surface area (Å²) in [6.07, 6.45) is 1.63. The van der Waals surface area contributed by atoms with Gasteiger partial charge < -0.3 is 5.32 Å². The quantitative estimate of drug-likeness (QED) is 0.846. The Morgan fingerprint density at radius 1 is 1.00 bits per heavy atom. The van der Waals surface area contributed by atoms with Crippen molar-refractivity contribution in [2.75, 3.05) is 0 Å². The maximum atomic E-state index is 13.2. The van der Waals surface area contributed by atoms with Crippen LogP contribution in [0.3, 0.4) is 0 Å². The zero-order chi connectivity index (χ0) is 14.8. The van der Waals surface area contributed by atoms with Crippen LogP contribution in [0.5, 0.6) is 0 Å². The largest absolute Gasteiger partial charge is 0.305 e. The third-order valence-corrected chi connectivity index (χ3v) is 2.99. The van der Waals surface area contributed by atoms with Crippen LogP contribution in [-0.2, 0) is 4.79 Å². The van der Waals surface area contributed by atoms with Crippen molar-refractivity contribution in [2.45, 2.75) is 0 Å². The molecule has 0 aromatic heterocycles. The van der Waals surface area contributed by atoms with E-state index >= 15 is 0 Å². The molecule has 1 heterocycles. The van der Waals surface area contributed by atoms with Crippen molar-refractivity contribution in [3.63, 3.8) is 0 Å². The summed E-state index contributed by atoms with van der Waals surface area (Å²) in [5.74, 6) is -2.09. The second-order valence-corrected chi connectivity index (χ2v) is 4.48. The van der Waals surface area contributed by atoms with E-state index in [0.717, 1.165) is 17.7 Å². The van der Waals surface area contributed by atoms with E-state index in [1.807, 2.05) is 30.3 Å². The SMILES string of the molecule is O=C1NC(c2ccc(F)c(F)c2)=N/C1=C/c1ccccc1. The molecule has 0 atom stereocenters. The van der Waals surface area contributed by atoms with Crippen molar-refractivity contribution in [1.82, 2.24) is 5.32 Å². The lowest BCUT2D eigenvalue weighted by atomic mass is 10.2. The smallest absolute Gasteiger partial charge is 0.275 e. The number of benzene rings is 2. The summed E-state index contributed by atoms with van der Waals surface area (Å²) < 4.78 is 26.1. The Hall–Kier alpha value is -2.82. The topological polar surface area (TPSA) is 41.5 Å². The number of amidine groups is 1. The number of amides is 1. The fraction of sp³-hybridized carbons (Fsp3) is 0. The zero-order valence-corrected chi connectivity index (χ0v) is 10.8. The Bertz CT molecular complexity index is 767. The number of nitrogens with zero attached hydrogens (tertiary/aromatic N) is 1. The molecule has 2 aromatic carbocycles. The van der Waals surface area contributed by atoms with Crippen molar-refractivity contribution >= 4 is 17.8 Å². The van der Waals surface area contributed by atoms with Crippen LogP contribution in [0, 0.1) is 11.6 Å². The van der Waals surface area contributed by atoms with Gasteiger partial charge in [0.05, 0.1) is 0 Å². The highest BCUT2D eigenvalue weighted by Crippen LogP contribution is 2.16. The summed E-state index contributed by atoms with van der Waals surface area (Å²) in [5, 5.41) is 2.54. The maximum absolute atomic E-state index is 13.2. The molecule has 0 saturated carbocycles. The lowest BCUT2D eigenvalue weighted by Crippen LogP contribution is -2.24. The van der Waals surface area contributed by atoms with Gasteiger partial charge in [0.25, 0.3) is 5.91 Å². The summed E-state index contributed by atoms with van der Waals surface area (Å²) in [5.41, 5.74) is 1.37. The highest BCUT2D eigenvalue weighted by molar-refractivity contribution is 6.19. The predicted octanol–water partition coefficient (Wildman–Crippen LogP) is 2.88. The van der Waals surface area contributed by atoms with Crippen molar-refractivity contribution in [3.05, 3.63) is 77.0 Å². The van der Waals surface area contributed by atoms with Crippen LogP contribution in [0.4, 0.5) is 8.78 Å². The van der Waals surface area contributed by atoms with Gasteiger partial charge in [-0.3, -0.25) is 4.79 Å². The van der Waals surface area contributed by atoms with Crippen molar-refractivity contribution in [2.24, 2.45) is 4.99 Å². The number of rotatable bonds is 2. The summed E-state index contributed by atoms with van der Waals surface area (Å²) in [7, 11) is 0. The van der Waals surface area contributed by atoms with E-state index in [4.69, 9.17) is 0 Å². The van der Waals surface area contributed by atoms with Gasteiger partial charge in [-0.2, -0.15) is 0 Å². The standard InChI is InChI=1S/C16H10F2N2O/c17-12-7-6-11(9-13(12)18)15-19-14(16(21)20-15)8-10-4-2-1-3-5-10/h1-9H,(H,19,20,21)/b14-8+. The average molecular weight is 284 g/mol. The second kappa shape index (κ2) is 5.28. The lowest BCUT2D eigenvalue weighted by Gasteiger charge is -2.00. The van der Waals surface area contributed by atoms with Gasteiger partial charge in [0, 0.05) is 5.56 Å². The lowest BCUT2D eigenvalue weighted by molar-refractivity contribution is -0.115. The van der Waals surface area contributed by atoms with Gasteiger partial charge in [-0.25, -0.2) is 13.8 Å². The molecule has 2 aromatic rings. The number of nitrogens with one attached hydrogen (secondary N) is 1. The first-order chi connectivity index (χ1) is 10.1. The molecule has 1 N–H and O–H groups in total. The summed E-state index contributed by atoms with van der Waals surface area (Å²) in [4.78, 5) is 16.0. The van der Waals surface area contributed by atoms with Crippen LogP contribution in [0.15, 0.2) is 59.2 Å². The van der Waals surface area contributed by atoms with Crippen molar-refractivity contribution < 1.29 is 13.6 Å². The van der Waals surface area contributed by atoms with E-state index in [2.05, 4.69) is 10.3 Å². The van der Waals surface area contributed by atoms with Gasteiger partial charge in [-0.05, 0) is 29.8 Å². The normalized spacial score (nSPS) is 16.0. The van der Waals surface area contributed by atoms with Crippen molar-refractivity contribution in [3.8, 4) is 0 Å². The molecule has 1 aliphatic heterocycles. The van der Waals surface area contributed by atoms with Crippen LogP contribution >= 0.6 is 0 Å². The van der Waals surface area contributed by atoms with Crippen LogP contribution in [0.2, 0.25) is 0 Å². The van der Waals surface area contributed by atoms with Gasteiger partial charge in [0.1, 0.15) is 11.5 Å². The molecule has 1 aliphatic rings. The van der Waals surface area contributed by atoms with Crippen LogP contribution in [0.25, 0.3) is 6.08 Å². The van der Waals surface area contributed by atoms with E-state index < -0.39 is 11.6 Å². The molecule has 5 heteroatoms.